The fourth-order valence-corrected chi connectivity index (χ4v) is 2.14. The number of hydrogen-bond acceptors (Lipinski definition) is 3. The molecule has 0 aliphatic carbocycles. The van der Waals surface area contributed by atoms with Crippen LogP contribution in [0.25, 0.3) is 0 Å². The lowest BCUT2D eigenvalue weighted by atomic mass is 10.0. The van der Waals surface area contributed by atoms with E-state index in [4.69, 9.17) is 4.74 Å². The van der Waals surface area contributed by atoms with E-state index in [-0.39, 0.29) is 12.5 Å². The summed E-state index contributed by atoms with van der Waals surface area (Å²) in [7, 11) is 0. The first-order chi connectivity index (χ1) is 11.2. The number of carbonyl (C=O) groups is 2. The highest BCUT2D eigenvalue weighted by molar-refractivity contribution is 5.97. The van der Waals surface area contributed by atoms with Crippen LogP contribution >= 0.6 is 0 Å². The quantitative estimate of drug-likeness (QED) is 0.579. The van der Waals surface area contributed by atoms with Gasteiger partial charge in [0.2, 0.25) is 0 Å². The fraction of sp³-hybridized carbons (Fsp3) is 0.556. The van der Waals surface area contributed by atoms with E-state index in [9.17, 15) is 18.4 Å². The molecule has 0 aliphatic heterocycles. The minimum atomic E-state index is -0.917. The zero-order valence-corrected chi connectivity index (χ0v) is 14.6. The Bertz CT molecular complexity index is 573. The molecule has 1 aromatic rings. The van der Waals surface area contributed by atoms with Gasteiger partial charge in [-0.1, -0.05) is 27.7 Å². The van der Waals surface area contributed by atoms with Crippen molar-refractivity contribution in [2.45, 2.75) is 46.6 Å². The van der Waals surface area contributed by atoms with Crippen LogP contribution in [0.2, 0.25) is 0 Å². The predicted molar refractivity (Wildman–Crippen MR) is 87.5 cm³/mol. The number of esters is 1. The normalized spacial score (nSPS) is 12.3. The molecule has 0 spiro atoms. The van der Waals surface area contributed by atoms with E-state index >= 15 is 0 Å². The van der Waals surface area contributed by atoms with Gasteiger partial charge in [0.25, 0.3) is 5.91 Å². The fourth-order valence-electron chi connectivity index (χ4n) is 2.14. The molecule has 1 aromatic carbocycles. The van der Waals surface area contributed by atoms with Gasteiger partial charge < -0.3 is 10.1 Å². The largest absolute Gasteiger partial charge is 0.464 e. The van der Waals surface area contributed by atoms with Crippen LogP contribution in [0.3, 0.4) is 0 Å². The van der Waals surface area contributed by atoms with Crippen molar-refractivity contribution in [2.75, 3.05) is 6.61 Å². The molecule has 4 nitrogen and oxygen atoms in total. The number of ether oxygens (including phenoxy) is 1. The lowest BCUT2D eigenvalue weighted by Crippen LogP contribution is -2.45. The third kappa shape index (κ3) is 6.26. The van der Waals surface area contributed by atoms with Crippen LogP contribution in [-0.2, 0) is 9.53 Å². The Labute approximate surface area is 141 Å². The Balaban J connectivity index is 2.69. The highest BCUT2D eigenvalue weighted by Crippen LogP contribution is 2.12. The minimum absolute atomic E-state index is 0.247. The smallest absolute Gasteiger partial charge is 0.328 e. The van der Waals surface area contributed by atoms with Gasteiger partial charge in [-0.05, 0) is 42.9 Å². The van der Waals surface area contributed by atoms with Gasteiger partial charge in [-0.2, -0.15) is 0 Å². The topological polar surface area (TPSA) is 55.4 Å². The second kappa shape index (κ2) is 9.35. The molecule has 1 N–H and O–H groups in total. The molecule has 134 valence electrons. The van der Waals surface area contributed by atoms with Gasteiger partial charge in [0.05, 0.1) is 12.2 Å². The highest BCUT2D eigenvalue weighted by Gasteiger charge is 2.27. The summed E-state index contributed by atoms with van der Waals surface area (Å²) in [4.78, 5) is 24.3. The maximum Gasteiger partial charge on any atom is 0.328 e. The standard InChI is InChI=1S/C18H25F2NO3/c1-11(2)6-5-9-24-18(23)16(12(3)4)21-17(22)14-10-13(19)7-8-15(14)20/h7-8,10-12,16H,5-6,9H2,1-4H3,(H,21,22). The Morgan fingerprint density at radius 1 is 1.17 bits per heavy atom. The Morgan fingerprint density at radius 3 is 2.42 bits per heavy atom. The number of carbonyl (C=O) groups excluding carboxylic acids is 2. The van der Waals surface area contributed by atoms with Gasteiger partial charge >= 0.3 is 5.97 Å². The summed E-state index contributed by atoms with van der Waals surface area (Å²) in [6.07, 6.45) is 1.67. The molecule has 1 rings (SSSR count). The summed E-state index contributed by atoms with van der Waals surface area (Å²) in [5.74, 6) is -2.72. The first-order valence-electron chi connectivity index (χ1n) is 8.15. The number of nitrogens with one attached hydrogen (secondary N) is 1. The lowest BCUT2D eigenvalue weighted by molar-refractivity contribution is -0.147. The van der Waals surface area contributed by atoms with E-state index in [0.717, 1.165) is 31.0 Å². The zero-order valence-electron chi connectivity index (χ0n) is 14.6. The highest BCUT2D eigenvalue weighted by atomic mass is 19.1. The molecule has 0 fully saturated rings. The van der Waals surface area contributed by atoms with E-state index in [0.29, 0.717) is 5.92 Å². The molecule has 24 heavy (non-hydrogen) atoms. The molecule has 1 unspecified atom stereocenters. The Kier molecular flexibility index (Phi) is 7.82. The van der Waals surface area contributed by atoms with Crippen molar-refractivity contribution in [3.05, 3.63) is 35.4 Å². The summed E-state index contributed by atoms with van der Waals surface area (Å²) < 4.78 is 32.0. The van der Waals surface area contributed by atoms with Crippen molar-refractivity contribution in [1.82, 2.24) is 5.32 Å². The van der Waals surface area contributed by atoms with E-state index in [1.807, 2.05) is 0 Å². The molecule has 0 aliphatic rings. The summed E-state index contributed by atoms with van der Waals surface area (Å²) in [6, 6.07) is 1.68. The lowest BCUT2D eigenvalue weighted by Gasteiger charge is -2.21. The molecule has 0 aromatic heterocycles. The van der Waals surface area contributed by atoms with Crippen LogP contribution in [-0.4, -0.2) is 24.5 Å². The Hall–Kier alpha value is -1.98. The first-order valence-corrected chi connectivity index (χ1v) is 8.15. The first kappa shape index (κ1) is 20.1. The van der Waals surface area contributed by atoms with Crippen molar-refractivity contribution in [2.24, 2.45) is 11.8 Å². The van der Waals surface area contributed by atoms with E-state index in [2.05, 4.69) is 19.2 Å². The number of amides is 1. The minimum Gasteiger partial charge on any atom is -0.464 e. The zero-order chi connectivity index (χ0) is 18.3. The van der Waals surface area contributed by atoms with Crippen molar-refractivity contribution in [3.8, 4) is 0 Å². The number of benzene rings is 1. The van der Waals surface area contributed by atoms with Crippen LogP contribution in [0, 0.1) is 23.5 Å². The molecule has 0 heterocycles. The molecule has 0 saturated heterocycles. The molecule has 1 amide bonds. The number of halogens is 2. The molecular formula is C18H25F2NO3. The van der Waals surface area contributed by atoms with Gasteiger partial charge in [0, 0.05) is 0 Å². The average molecular weight is 341 g/mol. The molecule has 6 heteroatoms. The summed E-state index contributed by atoms with van der Waals surface area (Å²) >= 11 is 0. The predicted octanol–water partition coefficient (Wildman–Crippen LogP) is 3.70. The molecule has 0 radical (unpaired) electrons. The maximum absolute atomic E-state index is 13.7. The van der Waals surface area contributed by atoms with Crippen LogP contribution in [0.5, 0.6) is 0 Å². The van der Waals surface area contributed by atoms with Gasteiger partial charge in [0.15, 0.2) is 0 Å². The van der Waals surface area contributed by atoms with Crippen LogP contribution in [0.4, 0.5) is 8.78 Å². The van der Waals surface area contributed by atoms with Gasteiger partial charge in [-0.3, -0.25) is 4.79 Å². The summed E-state index contributed by atoms with van der Waals surface area (Å²) in [5.41, 5.74) is -0.437. The number of rotatable bonds is 8. The molecule has 0 bridgehead atoms. The van der Waals surface area contributed by atoms with Gasteiger partial charge in [-0.15, -0.1) is 0 Å². The van der Waals surface area contributed by atoms with Crippen LogP contribution in [0.1, 0.15) is 50.9 Å². The SMILES string of the molecule is CC(C)CCCOC(=O)C(NC(=O)c1cc(F)ccc1F)C(C)C. The van der Waals surface area contributed by atoms with E-state index < -0.39 is 35.1 Å². The van der Waals surface area contributed by atoms with Crippen molar-refractivity contribution in [1.29, 1.82) is 0 Å². The average Bonchev–Trinajstić information content (AvgIpc) is 2.50. The van der Waals surface area contributed by atoms with E-state index in [1.165, 1.54) is 0 Å². The second-order valence-electron chi connectivity index (χ2n) is 6.52. The monoisotopic (exact) mass is 341 g/mol. The maximum atomic E-state index is 13.7. The van der Waals surface area contributed by atoms with Crippen LogP contribution in [0.15, 0.2) is 18.2 Å². The summed E-state index contributed by atoms with van der Waals surface area (Å²) in [5, 5.41) is 2.43. The Morgan fingerprint density at radius 2 is 1.83 bits per heavy atom. The van der Waals surface area contributed by atoms with E-state index in [1.54, 1.807) is 13.8 Å². The van der Waals surface area contributed by atoms with Gasteiger partial charge in [0.1, 0.15) is 17.7 Å². The summed E-state index contributed by atoms with van der Waals surface area (Å²) in [6.45, 7) is 7.90. The van der Waals surface area contributed by atoms with Crippen molar-refractivity contribution in [3.63, 3.8) is 0 Å². The van der Waals surface area contributed by atoms with Crippen molar-refractivity contribution >= 4 is 11.9 Å². The second-order valence-corrected chi connectivity index (χ2v) is 6.52. The third-order valence-corrected chi connectivity index (χ3v) is 3.55. The van der Waals surface area contributed by atoms with Gasteiger partial charge in [-0.25, -0.2) is 13.6 Å². The third-order valence-electron chi connectivity index (χ3n) is 3.55. The molecular weight excluding hydrogens is 316 g/mol. The number of hydrogen-bond donors (Lipinski definition) is 1. The van der Waals surface area contributed by atoms with Crippen molar-refractivity contribution < 1.29 is 23.1 Å². The molecule has 1 atom stereocenters. The molecule has 0 saturated carbocycles. The van der Waals surface area contributed by atoms with Crippen LogP contribution < -0.4 is 5.32 Å².